The van der Waals surface area contributed by atoms with E-state index in [4.69, 9.17) is 0 Å². The van der Waals surface area contributed by atoms with Crippen molar-refractivity contribution in [3.05, 3.63) is 10.7 Å². The summed E-state index contributed by atoms with van der Waals surface area (Å²) in [6.07, 6.45) is 3.01. The number of rotatable bonds is 6. The molecule has 1 atom stereocenters. The van der Waals surface area contributed by atoms with E-state index in [0.29, 0.717) is 5.95 Å². The van der Waals surface area contributed by atoms with E-state index in [1.54, 1.807) is 11.8 Å². The SMILES string of the molecule is CCNc1ncc(Br)c(SCC(C)CC)n1. The van der Waals surface area contributed by atoms with Gasteiger partial charge in [-0.15, -0.1) is 11.8 Å². The zero-order valence-electron chi connectivity index (χ0n) is 9.96. The summed E-state index contributed by atoms with van der Waals surface area (Å²) >= 11 is 5.26. The third-order valence-electron chi connectivity index (χ3n) is 2.25. The van der Waals surface area contributed by atoms with Crippen LogP contribution in [0.1, 0.15) is 27.2 Å². The highest BCUT2D eigenvalue weighted by Gasteiger charge is 2.07. The zero-order valence-corrected chi connectivity index (χ0v) is 12.4. The Kier molecular flexibility index (Phi) is 6.13. The van der Waals surface area contributed by atoms with Crippen LogP contribution in [0.5, 0.6) is 0 Å². The highest BCUT2D eigenvalue weighted by Crippen LogP contribution is 2.27. The summed E-state index contributed by atoms with van der Waals surface area (Å²) in [6.45, 7) is 7.35. The maximum absolute atomic E-state index is 4.46. The molecule has 1 heterocycles. The maximum atomic E-state index is 4.46. The summed E-state index contributed by atoms with van der Waals surface area (Å²) in [4.78, 5) is 8.66. The largest absolute Gasteiger partial charge is 0.354 e. The number of hydrogen-bond donors (Lipinski definition) is 1. The van der Waals surface area contributed by atoms with Crippen molar-refractivity contribution < 1.29 is 0 Å². The molecule has 0 amide bonds. The highest BCUT2D eigenvalue weighted by atomic mass is 79.9. The van der Waals surface area contributed by atoms with Crippen LogP contribution >= 0.6 is 27.7 Å². The van der Waals surface area contributed by atoms with Crippen LogP contribution in [0.3, 0.4) is 0 Å². The molecule has 1 N–H and O–H groups in total. The van der Waals surface area contributed by atoms with E-state index < -0.39 is 0 Å². The first-order valence-electron chi connectivity index (χ1n) is 5.56. The van der Waals surface area contributed by atoms with Gasteiger partial charge in [0.05, 0.1) is 4.47 Å². The molecule has 1 rings (SSSR count). The van der Waals surface area contributed by atoms with Gasteiger partial charge < -0.3 is 5.32 Å². The minimum atomic E-state index is 0.706. The van der Waals surface area contributed by atoms with Crippen LogP contribution in [-0.2, 0) is 0 Å². The van der Waals surface area contributed by atoms with E-state index in [2.05, 4.69) is 45.1 Å². The first-order valence-corrected chi connectivity index (χ1v) is 7.34. The maximum Gasteiger partial charge on any atom is 0.223 e. The molecule has 0 aliphatic rings. The molecule has 1 aromatic rings. The summed E-state index contributed by atoms with van der Waals surface area (Å²) in [5.74, 6) is 2.52. The summed E-state index contributed by atoms with van der Waals surface area (Å²) in [6, 6.07) is 0. The Morgan fingerprint density at radius 2 is 2.25 bits per heavy atom. The van der Waals surface area contributed by atoms with Crippen molar-refractivity contribution in [3.63, 3.8) is 0 Å². The van der Waals surface area contributed by atoms with Crippen molar-refractivity contribution in [1.82, 2.24) is 9.97 Å². The van der Waals surface area contributed by atoms with Crippen LogP contribution in [0.15, 0.2) is 15.7 Å². The van der Waals surface area contributed by atoms with Crippen molar-refractivity contribution in [2.75, 3.05) is 17.6 Å². The summed E-state index contributed by atoms with van der Waals surface area (Å²) in [7, 11) is 0. The molecule has 0 aliphatic carbocycles. The number of nitrogens with zero attached hydrogens (tertiary/aromatic N) is 2. The second-order valence-corrected chi connectivity index (χ2v) is 5.56. The third-order valence-corrected chi connectivity index (χ3v) is 4.41. The predicted molar refractivity (Wildman–Crippen MR) is 74.1 cm³/mol. The van der Waals surface area contributed by atoms with Crippen LogP contribution < -0.4 is 5.32 Å². The first kappa shape index (κ1) is 13.8. The highest BCUT2D eigenvalue weighted by molar-refractivity contribution is 9.10. The van der Waals surface area contributed by atoms with Gasteiger partial charge in [0.15, 0.2) is 0 Å². The van der Waals surface area contributed by atoms with Gasteiger partial charge in [0.2, 0.25) is 5.95 Å². The quantitative estimate of drug-likeness (QED) is 0.640. The van der Waals surface area contributed by atoms with E-state index in [1.165, 1.54) is 6.42 Å². The Labute approximate surface area is 110 Å². The lowest BCUT2D eigenvalue weighted by Gasteiger charge is -2.09. The molecule has 0 spiro atoms. The van der Waals surface area contributed by atoms with Gasteiger partial charge in [-0.1, -0.05) is 20.3 Å². The number of halogens is 1. The molecule has 1 unspecified atom stereocenters. The van der Waals surface area contributed by atoms with Crippen LogP contribution in [0.4, 0.5) is 5.95 Å². The fourth-order valence-electron chi connectivity index (χ4n) is 1.04. The topological polar surface area (TPSA) is 37.8 Å². The van der Waals surface area contributed by atoms with Crippen molar-refractivity contribution >= 4 is 33.6 Å². The molecule has 0 aliphatic heterocycles. The smallest absolute Gasteiger partial charge is 0.223 e. The number of anilines is 1. The first-order chi connectivity index (χ1) is 7.67. The van der Waals surface area contributed by atoms with Gasteiger partial charge >= 0.3 is 0 Å². The van der Waals surface area contributed by atoms with Crippen LogP contribution in [0.2, 0.25) is 0 Å². The molecule has 0 saturated heterocycles. The van der Waals surface area contributed by atoms with Crippen molar-refractivity contribution in [2.45, 2.75) is 32.2 Å². The Balaban J connectivity index is 2.66. The molecule has 0 radical (unpaired) electrons. The third kappa shape index (κ3) is 4.29. The van der Waals surface area contributed by atoms with Crippen LogP contribution in [-0.4, -0.2) is 22.3 Å². The van der Waals surface area contributed by atoms with Gasteiger partial charge in [0.1, 0.15) is 5.03 Å². The van der Waals surface area contributed by atoms with E-state index in [1.807, 2.05) is 13.1 Å². The monoisotopic (exact) mass is 303 g/mol. The molecule has 0 fully saturated rings. The van der Waals surface area contributed by atoms with Gasteiger partial charge in [-0.3, -0.25) is 0 Å². The zero-order chi connectivity index (χ0) is 12.0. The van der Waals surface area contributed by atoms with Crippen LogP contribution in [0, 0.1) is 5.92 Å². The van der Waals surface area contributed by atoms with Gasteiger partial charge in [-0.25, -0.2) is 9.97 Å². The summed E-state index contributed by atoms with van der Waals surface area (Å²) in [5.41, 5.74) is 0. The van der Waals surface area contributed by atoms with Crippen molar-refractivity contribution in [1.29, 1.82) is 0 Å². The number of hydrogen-bond acceptors (Lipinski definition) is 4. The van der Waals surface area contributed by atoms with Crippen molar-refractivity contribution in [2.24, 2.45) is 5.92 Å². The fourth-order valence-corrected chi connectivity index (χ4v) is 2.59. The normalized spacial score (nSPS) is 12.5. The lowest BCUT2D eigenvalue weighted by molar-refractivity contribution is 0.636. The second kappa shape index (κ2) is 7.12. The van der Waals surface area contributed by atoms with Gasteiger partial charge in [0, 0.05) is 18.5 Å². The average molecular weight is 304 g/mol. The fraction of sp³-hybridized carbons (Fsp3) is 0.636. The molecule has 5 heteroatoms. The molecular weight excluding hydrogens is 286 g/mol. The lowest BCUT2D eigenvalue weighted by Crippen LogP contribution is -2.03. The summed E-state index contributed by atoms with van der Waals surface area (Å²) in [5, 5.41) is 4.14. The average Bonchev–Trinajstić information content (AvgIpc) is 2.29. The molecule has 0 saturated carbocycles. The number of thioether (sulfide) groups is 1. The predicted octanol–water partition coefficient (Wildman–Crippen LogP) is 3.81. The number of aromatic nitrogens is 2. The lowest BCUT2D eigenvalue weighted by atomic mass is 10.2. The van der Waals surface area contributed by atoms with Gasteiger partial charge in [-0.2, -0.15) is 0 Å². The Bertz CT molecular complexity index is 333. The van der Waals surface area contributed by atoms with E-state index >= 15 is 0 Å². The van der Waals surface area contributed by atoms with E-state index in [-0.39, 0.29) is 0 Å². The van der Waals surface area contributed by atoms with E-state index in [9.17, 15) is 0 Å². The second-order valence-electron chi connectivity index (χ2n) is 3.70. The van der Waals surface area contributed by atoms with Gasteiger partial charge in [0.25, 0.3) is 0 Å². The Morgan fingerprint density at radius 1 is 1.50 bits per heavy atom. The van der Waals surface area contributed by atoms with E-state index in [0.717, 1.165) is 27.7 Å². The number of nitrogens with one attached hydrogen (secondary N) is 1. The standard InChI is InChI=1S/C11H18BrN3S/c1-4-8(3)7-16-10-9(12)6-14-11(15-10)13-5-2/h6,8H,4-5,7H2,1-3H3,(H,13,14,15). The molecule has 90 valence electrons. The molecule has 1 aromatic heterocycles. The molecular formula is C11H18BrN3S. The molecule has 16 heavy (non-hydrogen) atoms. The van der Waals surface area contributed by atoms with Gasteiger partial charge in [-0.05, 0) is 28.8 Å². The minimum Gasteiger partial charge on any atom is -0.354 e. The molecule has 3 nitrogen and oxygen atoms in total. The van der Waals surface area contributed by atoms with Crippen molar-refractivity contribution in [3.8, 4) is 0 Å². The Morgan fingerprint density at radius 3 is 2.88 bits per heavy atom. The van der Waals surface area contributed by atoms with Crippen LogP contribution in [0.25, 0.3) is 0 Å². The minimum absolute atomic E-state index is 0.706. The molecule has 0 bridgehead atoms. The Hall–Kier alpha value is -0.290. The molecule has 0 aromatic carbocycles. The summed E-state index contributed by atoms with van der Waals surface area (Å²) < 4.78 is 0.974.